The summed E-state index contributed by atoms with van der Waals surface area (Å²) < 4.78 is 43.0. The molecule has 2 aromatic rings. The van der Waals surface area contributed by atoms with E-state index in [2.05, 4.69) is 10.3 Å². The van der Waals surface area contributed by atoms with Crippen LogP contribution in [-0.2, 0) is 11.0 Å². The van der Waals surface area contributed by atoms with E-state index in [-0.39, 0.29) is 10.6 Å². The lowest BCUT2D eigenvalue weighted by Crippen LogP contribution is -2.31. The summed E-state index contributed by atoms with van der Waals surface area (Å²) in [5, 5.41) is 12.0. The molecule has 0 radical (unpaired) electrons. The smallest absolute Gasteiger partial charge is 0.416 e. The highest BCUT2D eigenvalue weighted by molar-refractivity contribution is 7.13. The van der Waals surface area contributed by atoms with Gasteiger partial charge in [-0.15, -0.1) is 11.3 Å². The van der Waals surface area contributed by atoms with Gasteiger partial charge in [-0.1, -0.05) is 6.07 Å². The number of nitrogens with one attached hydrogen (secondary N) is 1. The largest absolute Gasteiger partial charge is 0.484 e. The maximum Gasteiger partial charge on any atom is 0.416 e. The minimum Gasteiger partial charge on any atom is -0.484 e. The van der Waals surface area contributed by atoms with Gasteiger partial charge in [-0.3, -0.25) is 4.79 Å². The molecule has 6 nitrogen and oxygen atoms in total. The van der Waals surface area contributed by atoms with Crippen molar-refractivity contribution in [2.45, 2.75) is 26.1 Å². The van der Waals surface area contributed by atoms with Crippen LogP contribution in [0.25, 0.3) is 0 Å². The van der Waals surface area contributed by atoms with Crippen molar-refractivity contribution in [3.8, 4) is 5.75 Å². The fourth-order valence-electron chi connectivity index (χ4n) is 2.06. The third-order valence-corrected chi connectivity index (χ3v) is 4.61. The summed E-state index contributed by atoms with van der Waals surface area (Å²) in [6.07, 6.45) is -4.50. The molecule has 0 fully saturated rings. The van der Waals surface area contributed by atoms with Crippen molar-refractivity contribution in [1.82, 2.24) is 10.3 Å². The molecule has 0 aliphatic rings. The molecular formula is C16H15F3N2O4S. The number of halogens is 3. The second kappa shape index (κ2) is 7.73. The van der Waals surface area contributed by atoms with Crippen LogP contribution in [0.4, 0.5) is 13.2 Å². The van der Waals surface area contributed by atoms with Crippen LogP contribution >= 0.6 is 11.3 Å². The quantitative estimate of drug-likeness (QED) is 0.792. The average Bonchev–Trinajstić information content (AvgIpc) is 2.95. The number of hydrogen-bond donors (Lipinski definition) is 2. The highest BCUT2D eigenvalue weighted by Crippen LogP contribution is 2.31. The van der Waals surface area contributed by atoms with Crippen molar-refractivity contribution in [2.24, 2.45) is 0 Å². The summed E-state index contributed by atoms with van der Waals surface area (Å²) in [5.41, 5.74) is -0.526. The Balaban J connectivity index is 1.95. The highest BCUT2D eigenvalue weighted by Gasteiger charge is 2.30. The Labute approximate surface area is 150 Å². The molecule has 1 atom stereocenters. The zero-order valence-electron chi connectivity index (χ0n) is 13.8. The lowest BCUT2D eigenvalue weighted by Gasteiger charge is -2.13. The summed E-state index contributed by atoms with van der Waals surface area (Å²) in [5.74, 6) is -1.75. The molecule has 0 spiro atoms. The van der Waals surface area contributed by atoms with E-state index in [4.69, 9.17) is 9.84 Å². The van der Waals surface area contributed by atoms with Crippen LogP contribution in [0.15, 0.2) is 24.3 Å². The van der Waals surface area contributed by atoms with Crippen molar-refractivity contribution in [3.63, 3.8) is 0 Å². The molecular weight excluding hydrogens is 373 g/mol. The highest BCUT2D eigenvalue weighted by atomic mass is 32.1. The number of aromatic nitrogens is 1. The number of nitrogens with zero attached hydrogens (tertiary/aromatic N) is 1. The van der Waals surface area contributed by atoms with Crippen molar-refractivity contribution < 1.29 is 32.6 Å². The van der Waals surface area contributed by atoms with Gasteiger partial charge in [0.25, 0.3) is 5.91 Å². The van der Waals surface area contributed by atoms with Crippen LogP contribution in [-0.4, -0.2) is 28.6 Å². The second-order valence-electron chi connectivity index (χ2n) is 5.38. The number of benzene rings is 1. The molecule has 1 aromatic carbocycles. The third kappa shape index (κ3) is 4.94. The first-order valence-electron chi connectivity index (χ1n) is 7.38. The van der Waals surface area contributed by atoms with E-state index >= 15 is 0 Å². The molecule has 0 saturated carbocycles. The Hall–Kier alpha value is -2.62. The number of aryl methyl sites for hydroxylation is 1. The predicted octanol–water partition coefficient (Wildman–Crippen LogP) is 3.42. The first kappa shape index (κ1) is 19.7. The van der Waals surface area contributed by atoms with E-state index in [1.54, 1.807) is 13.8 Å². The molecule has 1 unspecified atom stereocenters. The molecule has 2 N–H and O–H groups in total. The molecule has 0 aliphatic carbocycles. The number of thiazole rings is 1. The number of carbonyl (C=O) groups is 2. The van der Waals surface area contributed by atoms with Crippen LogP contribution in [0.3, 0.4) is 0 Å². The standard InChI is InChI=1S/C16H15F3N2O4S/c1-8-13(15(23)24)26-14(21-8)9(2)20-12(22)7-25-11-5-3-4-10(6-11)16(17,18)19/h3-6,9H,7H2,1-2H3,(H,20,22)(H,23,24). The molecule has 0 saturated heterocycles. The van der Waals surface area contributed by atoms with Crippen LogP contribution in [0.5, 0.6) is 5.75 Å². The number of ether oxygens (including phenoxy) is 1. The maximum atomic E-state index is 12.6. The van der Waals surface area contributed by atoms with Crippen LogP contribution in [0.1, 0.15) is 38.9 Å². The molecule has 26 heavy (non-hydrogen) atoms. The predicted molar refractivity (Wildman–Crippen MR) is 87.3 cm³/mol. The maximum absolute atomic E-state index is 12.6. The zero-order chi connectivity index (χ0) is 19.5. The van der Waals surface area contributed by atoms with Gasteiger partial charge in [0.2, 0.25) is 0 Å². The first-order valence-corrected chi connectivity index (χ1v) is 8.19. The van der Waals surface area contributed by atoms with Gasteiger partial charge in [0.1, 0.15) is 15.6 Å². The van der Waals surface area contributed by atoms with E-state index in [0.717, 1.165) is 23.5 Å². The van der Waals surface area contributed by atoms with Gasteiger partial charge in [0.15, 0.2) is 6.61 Å². The average molecular weight is 388 g/mol. The van der Waals surface area contributed by atoms with E-state index in [1.165, 1.54) is 12.1 Å². The lowest BCUT2D eigenvalue weighted by molar-refractivity contribution is -0.137. The SMILES string of the molecule is Cc1nc(C(C)NC(=O)COc2cccc(C(F)(F)F)c2)sc1C(=O)O. The molecule has 140 valence electrons. The molecule has 2 rings (SSSR count). The van der Waals surface area contributed by atoms with Crippen LogP contribution in [0.2, 0.25) is 0 Å². The van der Waals surface area contributed by atoms with E-state index in [0.29, 0.717) is 10.7 Å². The van der Waals surface area contributed by atoms with Crippen LogP contribution in [0, 0.1) is 6.92 Å². The van der Waals surface area contributed by atoms with Crippen molar-refractivity contribution in [1.29, 1.82) is 0 Å². The van der Waals surface area contributed by atoms with E-state index in [9.17, 15) is 22.8 Å². The van der Waals surface area contributed by atoms with E-state index < -0.39 is 36.3 Å². The molecule has 1 aromatic heterocycles. The topological polar surface area (TPSA) is 88.5 Å². The Bertz CT molecular complexity index is 820. The van der Waals surface area contributed by atoms with Crippen LogP contribution < -0.4 is 10.1 Å². The molecule has 0 bridgehead atoms. The Morgan fingerprint density at radius 1 is 1.38 bits per heavy atom. The van der Waals surface area contributed by atoms with Crippen molar-refractivity contribution >= 4 is 23.2 Å². The molecule has 0 aliphatic heterocycles. The molecule has 10 heteroatoms. The van der Waals surface area contributed by atoms with Gasteiger partial charge in [-0.25, -0.2) is 9.78 Å². The fraction of sp³-hybridized carbons (Fsp3) is 0.312. The number of alkyl halides is 3. The summed E-state index contributed by atoms with van der Waals surface area (Å²) in [6, 6.07) is 3.64. The van der Waals surface area contributed by atoms with Gasteiger partial charge >= 0.3 is 12.1 Å². The summed E-state index contributed by atoms with van der Waals surface area (Å²) >= 11 is 0.946. The third-order valence-electron chi connectivity index (χ3n) is 3.29. The summed E-state index contributed by atoms with van der Waals surface area (Å²) in [7, 11) is 0. The van der Waals surface area contributed by atoms with Gasteiger partial charge in [-0.2, -0.15) is 13.2 Å². The number of aromatic carboxylic acids is 1. The number of amides is 1. The minimum atomic E-state index is -4.50. The number of carbonyl (C=O) groups excluding carboxylic acids is 1. The first-order chi connectivity index (χ1) is 12.1. The normalized spacial score (nSPS) is 12.5. The number of carboxylic acids is 1. The zero-order valence-corrected chi connectivity index (χ0v) is 14.6. The second-order valence-corrected chi connectivity index (χ2v) is 6.41. The fourth-order valence-corrected chi connectivity index (χ4v) is 2.96. The van der Waals surface area contributed by atoms with E-state index in [1.807, 2.05) is 0 Å². The Morgan fingerprint density at radius 2 is 2.08 bits per heavy atom. The monoisotopic (exact) mass is 388 g/mol. The van der Waals surface area contributed by atoms with Gasteiger partial charge in [0.05, 0.1) is 17.3 Å². The minimum absolute atomic E-state index is 0.0825. The van der Waals surface area contributed by atoms with Crippen molar-refractivity contribution in [2.75, 3.05) is 6.61 Å². The Kier molecular flexibility index (Phi) is 5.86. The summed E-state index contributed by atoms with van der Waals surface area (Å²) in [4.78, 5) is 27.1. The van der Waals surface area contributed by atoms with Gasteiger partial charge < -0.3 is 15.2 Å². The Morgan fingerprint density at radius 3 is 2.65 bits per heavy atom. The van der Waals surface area contributed by atoms with Crippen molar-refractivity contribution in [3.05, 3.63) is 45.4 Å². The number of carboxylic acid groups (broad SMARTS) is 1. The molecule has 1 heterocycles. The summed E-state index contributed by atoms with van der Waals surface area (Å²) in [6.45, 7) is 2.68. The lowest BCUT2D eigenvalue weighted by atomic mass is 10.2. The van der Waals surface area contributed by atoms with Gasteiger partial charge in [0, 0.05) is 0 Å². The number of rotatable bonds is 6. The van der Waals surface area contributed by atoms with Gasteiger partial charge in [-0.05, 0) is 32.0 Å². The number of hydrogen-bond acceptors (Lipinski definition) is 5. The molecule has 1 amide bonds.